The number of fused-ring (bicyclic) bond motifs is 1. The van der Waals surface area contributed by atoms with Crippen LogP contribution in [0.5, 0.6) is 0 Å². The van der Waals surface area contributed by atoms with Crippen LogP contribution in [0.3, 0.4) is 0 Å². The molecular formula is C22H26N5OS+. The number of nitrogens with zero attached hydrogens (tertiary/aromatic N) is 4. The molecule has 0 bridgehead atoms. The molecule has 0 radical (unpaired) electrons. The van der Waals surface area contributed by atoms with Gasteiger partial charge in [0.1, 0.15) is 17.0 Å². The zero-order valence-corrected chi connectivity index (χ0v) is 17.3. The molecule has 0 aliphatic carbocycles. The van der Waals surface area contributed by atoms with E-state index in [0.717, 1.165) is 68.1 Å². The highest BCUT2D eigenvalue weighted by atomic mass is 32.1. The van der Waals surface area contributed by atoms with Crippen molar-refractivity contribution in [2.24, 2.45) is 0 Å². The number of hydrogen-bond donors (Lipinski definition) is 1. The SMILES string of the molecule is O=C(C[NH+]1CCN(c2ncnc3sc(-c4ccccc4)cc23)CC1)N1CCCC1. The first-order chi connectivity index (χ1) is 14.3. The lowest BCUT2D eigenvalue weighted by Gasteiger charge is -2.33. The lowest BCUT2D eigenvalue weighted by Crippen LogP contribution is -3.15. The summed E-state index contributed by atoms with van der Waals surface area (Å²) in [5.41, 5.74) is 1.22. The molecule has 6 nitrogen and oxygen atoms in total. The number of thiophene rings is 1. The topological polar surface area (TPSA) is 53.8 Å². The van der Waals surface area contributed by atoms with Crippen molar-refractivity contribution in [3.63, 3.8) is 0 Å². The Morgan fingerprint density at radius 1 is 1.03 bits per heavy atom. The Labute approximate surface area is 174 Å². The second-order valence-electron chi connectivity index (χ2n) is 7.89. The normalized spacial score (nSPS) is 17.9. The van der Waals surface area contributed by atoms with Gasteiger partial charge in [-0.15, -0.1) is 11.3 Å². The summed E-state index contributed by atoms with van der Waals surface area (Å²) in [6.45, 7) is 6.31. The average Bonchev–Trinajstić information content (AvgIpc) is 3.45. The molecule has 1 aromatic carbocycles. The molecule has 2 saturated heterocycles. The van der Waals surface area contributed by atoms with Gasteiger partial charge in [0.05, 0.1) is 31.6 Å². The van der Waals surface area contributed by atoms with Gasteiger partial charge in [0.25, 0.3) is 5.91 Å². The second kappa shape index (κ2) is 8.08. The second-order valence-corrected chi connectivity index (χ2v) is 8.93. The summed E-state index contributed by atoms with van der Waals surface area (Å²) in [5.74, 6) is 1.35. The Kier molecular flexibility index (Phi) is 5.16. The fourth-order valence-electron chi connectivity index (χ4n) is 4.34. The fraction of sp³-hybridized carbons (Fsp3) is 0.409. The summed E-state index contributed by atoms with van der Waals surface area (Å²) in [5, 5.41) is 1.13. The standard InChI is InChI=1S/C22H25N5OS/c28-20(26-8-4-5-9-26)15-25-10-12-27(13-11-25)21-18-14-19(17-6-2-1-3-7-17)29-22(18)24-16-23-21/h1-3,6-7,14,16H,4-5,8-13,15H2/p+1. The number of benzene rings is 1. The minimum atomic E-state index is 0.320. The Bertz CT molecular complexity index is 991. The van der Waals surface area contributed by atoms with E-state index < -0.39 is 0 Å². The van der Waals surface area contributed by atoms with Crippen LogP contribution < -0.4 is 9.80 Å². The number of likely N-dealkylation sites (tertiary alicyclic amines) is 1. The maximum Gasteiger partial charge on any atom is 0.277 e. The Morgan fingerprint density at radius 3 is 2.55 bits per heavy atom. The van der Waals surface area contributed by atoms with Crippen molar-refractivity contribution in [2.45, 2.75) is 12.8 Å². The molecular weight excluding hydrogens is 382 g/mol. The van der Waals surface area contributed by atoms with E-state index in [1.54, 1.807) is 17.7 Å². The molecule has 2 aromatic heterocycles. The van der Waals surface area contributed by atoms with E-state index in [-0.39, 0.29) is 0 Å². The van der Waals surface area contributed by atoms with E-state index in [0.29, 0.717) is 12.5 Å². The van der Waals surface area contributed by atoms with Crippen LogP contribution in [0.2, 0.25) is 0 Å². The first-order valence-electron chi connectivity index (χ1n) is 10.4. The molecule has 3 aromatic rings. The molecule has 7 heteroatoms. The molecule has 29 heavy (non-hydrogen) atoms. The van der Waals surface area contributed by atoms with Gasteiger partial charge in [-0.3, -0.25) is 4.79 Å². The van der Waals surface area contributed by atoms with Gasteiger partial charge in [0.2, 0.25) is 0 Å². The van der Waals surface area contributed by atoms with Crippen molar-refractivity contribution in [3.05, 3.63) is 42.7 Å². The number of carbonyl (C=O) groups excluding carboxylic acids is 1. The maximum absolute atomic E-state index is 12.4. The molecule has 5 rings (SSSR count). The minimum Gasteiger partial charge on any atom is -0.345 e. The van der Waals surface area contributed by atoms with Gasteiger partial charge >= 0.3 is 0 Å². The molecule has 1 N–H and O–H groups in total. The summed E-state index contributed by atoms with van der Waals surface area (Å²) in [6.07, 6.45) is 3.99. The van der Waals surface area contributed by atoms with E-state index >= 15 is 0 Å². The number of nitrogens with one attached hydrogen (secondary N) is 1. The van der Waals surface area contributed by atoms with Crippen LogP contribution in [0.25, 0.3) is 20.7 Å². The number of anilines is 1. The molecule has 150 valence electrons. The van der Waals surface area contributed by atoms with Gasteiger partial charge in [0, 0.05) is 18.0 Å². The molecule has 2 aliphatic heterocycles. The predicted octanol–water partition coefficient (Wildman–Crippen LogP) is 1.69. The summed E-state index contributed by atoms with van der Waals surface area (Å²) in [6, 6.07) is 12.7. The molecule has 2 fully saturated rings. The highest BCUT2D eigenvalue weighted by Gasteiger charge is 2.27. The van der Waals surface area contributed by atoms with Gasteiger partial charge in [0.15, 0.2) is 6.54 Å². The van der Waals surface area contributed by atoms with Crippen LogP contribution in [0.4, 0.5) is 5.82 Å². The van der Waals surface area contributed by atoms with E-state index in [4.69, 9.17) is 0 Å². The lowest BCUT2D eigenvalue weighted by molar-refractivity contribution is -0.892. The molecule has 1 amide bonds. The third-order valence-electron chi connectivity index (χ3n) is 6.00. The van der Waals surface area contributed by atoms with Crippen molar-refractivity contribution in [1.29, 1.82) is 0 Å². The zero-order valence-electron chi connectivity index (χ0n) is 16.5. The Hall–Kier alpha value is -2.51. The van der Waals surface area contributed by atoms with Crippen LogP contribution in [-0.4, -0.2) is 66.6 Å². The molecule has 0 saturated carbocycles. The third-order valence-corrected chi connectivity index (χ3v) is 7.09. The zero-order chi connectivity index (χ0) is 19.6. The summed E-state index contributed by atoms with van der Waals surface area (Å²) in [4.78, 5) is 29.6. The predicted molar refractivity (Wildman–Crippen MR) is 116 cm³/mol. The molecule has 0 atom stereocenters. The largest absolute Gasteiger partial charge is 0.345 e. The summed E-state index contributed by atoms with van der Waals surface area (Å²) >= 11 is 1.72. The van der Waals surface area contributed by atoms with Crippen LogP contribution in [0, 0.1) is 0 Å². The highest BCUT2D eigenvalue weighted by Crippen LogP contribution is 2.35. The van der Waals surface area contributed by atoms with E-state index in [2.05, 4.69) is 45.2 Å². The molecule has 0 spiro atoms. The highest BCUT2D eigenvalue weighted by molar-refractivity contribution is 7.21. The first-order valence-corrected chi connectivity index (χ1v) is 11.3. The van der Waals surface area contributed by atoms with Gasteiger partial charge in [-0.05, 0) is 24.5 Å². The monoisotopic (exact) mass is 408 g/mol. The maximum atomic E-state index is 12.4. The van der Waals surface area contributed by atoms with Gasteiger partial charge in [-0.2, -0.15) is 0 Å². The number of amides is 1. The van der Waals surface area contributed by atoms with Crippen LogP contribution in [0.1, 0.15) is 12.8 Å². The van der Waals surface area contributed by atoms with Crippen molar-refractivity contribution in [2.75, 3.05) is 50.7 Å². The fourth-order valence-corrected chi connectivity index (χ4v) is 5.34. The van der Waals surface area contributed by atoms with Crippen molar-refractivity contribution in [1.82, 2.24) is 14.9 Å². The van der Waals surface area contributed by atoms with Crippen LogP contribution in [-0.2, 0) is 4.79 Å². The van der Waals surface area contributed by atoms with Crippen molar-refractivity contribution in [3.8, 4) is 10.4 Å². The summed E-state index contributed by atoms with van der Waals surface area (Å²) in [7, 11) is 0. The number of hydrogen-bond acceptors (Lipinski definition) is 5. The van der Waals surface area contributed by atoms with Gasteiger partial charge in [-0.25, -0.2) is 9.97 Å². The molecule has 2 aliphatic rings. The Balaban J connectivity index is 1.29. The number of quaternary nitrogens is 1. The average molecular weight is 409 g/mol. The van der Waals surface area contributed by atoms with E-state index in [9.17, 15) is 4.79 Å². The van der Waals surface area contributed by atoms with Crippen LogP contribution in [0.15, 0.2) is 42.7 Å². The van der Waals surface area contributed by atoms with Crippen molar-refractivity contribution >= 4 is 33.3 Å². The minimum absolute atomic E-state index is 0.320. The number of piperazine rings is 1. The van der Waals surface area contributed by atoms with Crippen molar-refractivity contribution < 1.29 is 9.69 Å². The third kappa shape index (κ3) is 3.84. The van der Waals surface area contributed by atoms with Crippen LogP contribution >= 0.6 is 11.3 Å². The first kappa shape index (κ1) is 18.5. The Morgan fingerprint density at radius 2 is 1.79 bits per heavy atom. The number of carbonyl (C=O) groups is 1. The van der Waals surface area contributed by atoms with E-state index in [1.807, 2.05) is 11.0 Å². The lowest BCUT2D eigenvalue weighted by atomic mass is 10.2. The quantitative estimate of drug-likeness (QED) is 0.714. The summed E-state index contributed by atoms with van der Waals surface area (Å²) < 4.78 is 0. The molecule has 4 heterocycles. The van der Waals surface area contributed by atoms with E-state index in [1.165, 1.54) is 15.3 Å². The smallest absolute Gasteiger partial charge is 0.277 e. The molecule has 0 unspecified atom stereocenters. The number of aromatic nitrogens is 2. The van der Waals surface area contributed by atoms with Gasteiger partial charge < -0.3 is 14.7 Å². The number of rotatable bonds is 4. The van der Waals surface area contributed by atoms with Gasteiger partial charge in [-0.1, -0.05) is 30.3 Å².